The number of anilines is 1. The van der Waals surface area contributed by atoms with Crippen molar-refractivity contribution in [1.82, 2.24) is 10.2 Å². The van der Waals surface area contributed by atoms with E-state index in [1.165, 1.54) is 12.1 Å². The lowest BCUT2D eigenvalue weighted by Gasteiger charge is -2.11. The molecular weight excluding hydrogens is 420 g/mol. The summed E-state index contributed by atoms with van der Waals surface area (Å²) < 4.78 is 33.4. The van der Waals surface area contributed by atoms with Crippen LogP contribution >= 0.6 is 0 Å². The molecule has 3 rings (SSSR count). The van der Waals surface area contributed by atoms with E-state index in [-0.39, 0.29) is 10.6 Å². The third-order valence-corrected chi connectivity index (χ3v) is 5.83. The van der Waals surface area contributed by atoms with Crippen molar-refractivity contribution >= 4 is 21.4 Å². The van der Waals surface area contributed by atoms with Gasteiger partial charge in [0.2, 0.25) is 5.88 Å². The first-order chi connectivity index (χ1) is 14.7. The molecule has 3 aromatic rings. The largest absolute Gasteiger partial charge is 0.476 e. The van der Waals surface area contributed by atoms with Crippen LogP contribution in [0.1, 0.15) is 19.4 Å². The normalized spacial score (nSPS) is 11.4. The predicted molar refractivity (Wildman–Crippen MR) is 116 cm³/mol. The van der Waals surface area contributed by atoms with Crippen molar-refractivity contribution in [2.75, 3.05) is 11.3 Å². The minimum absolute atomic E-state index is 0.145. The third-order valence-electron chi connectivity index (χ3n) is 4.31. The molecule has 2 aromatic carbocycles. The van der Waals surface area contributed by atoms with Gasteiger partial charge < -0.3 is 4.74 Å². The Morgan fingerprint density at radius 3 is 2.35 bits per heavy atom. The highest BCUT2D eigenvalue weighted by molar-refractivity contribution is 7.92. The van der Waals surface area contributed by atoms with Gasteiger partial charge in [0.05, 0.1) is 22.1 Å². The van der Waals surface area contributed by atoms with Crippen LogP contribution in [0.4, 0.5) is 11.4 Å². The summed E-state index contributed by atoms with van der Waals surface area (Å²) in [5.41, 5.74) is 1.79. The summed E-state index contributed by atoms with van der Waals surface area (Å²) in [5.74, 6) is 0.817. The molecule has 0 atom stereocenters. The summed E-state index contributed by atoms with van der Waals surface area (Å²) in [6, 6.07) is 13.8. The third kappa shape index (κ3) is 5.54. The van der Waals surface area contributed by atoms with Crippen LogP contribution in [0.15, 0.2) is 59.5 Å². The molecule has 0 unspecified atom stereocenters. The number of nitro groups is 1. The summed E-state index contributed by atoms with van der Waals surface area (Å²) >= 11 is 0. The fourth-order valence-electron chi connectivity index (χ4n) is 2.71. The molecule has 0 saturated carbocycles. The quantitative estimate of drug-likeness (QED) is 0.409. The Morgan fingerprint density at radius 1 is 1.06 bits per heavy atom. The molecule has 31 heavy (non-hydrogen) atoms. The van der Waals surface area contributed by atoms with Crippen LogP contribution in [-0.4, -0.2) is 30.1 Å². The first kappa shape index (κ1) is 22.2. The number of benzene rings is 2. The van der Waals surface area contributed by atoms with Gasteiger partial charge in [0.15, 0.2) is 0 Å². The standard InChI is InChI=1S/C21H22N4O5S/c1-14(2)13-30-21-11-10-19(22-23-21)16-5-7-17(8-6-16)24-31(28,29)20-12-18(25(26)27)9-4-15(20)3/h4-12,14,24H,13H2,1-3H3. The molecule has 10 heteroatoms. The summed E-state index contributed by atoms with van der Waals surface area (Å²) in [5, 5.41) is 19.2. The molecule has 0 saturated heterocycles. The Labute approximate surface area is 180 Å². The first-order valence-electron chi connectivity index (χ1n) is 9.50. The van der Waals surface area contributed by atoms with Crippen LogP contribution < -0.4 is 9.46 Å². The molecule has 0 aliphatic heterocycles. The Bertz CT molecular complexity index is 1180. The van der Waals surface area contributed by atoms with Crippen molar-refractivity contribution < 1.29 is 18.1 Å². The smallest absolute Gasteiger partial charge is 0.270 e. The number of ether oxygens (including phenoxy) is 1. The summed E-state index contributed by atoms with van der Waals surface area (Å²) in [6.45, 7) is 6.21. The molecular formula is C21H22N4O5S. The molecule has 0 bridgehead atoms. The minimum atomic E-state index is -4.00. The van der Waals surface area contributed by atoms with Gasteiger partial charge in [0, 0.05) is 29.4 Å². The Balaban J connectivity index is 1.76. The van der Waals surface area contributed by atoms with Gasteiger partial charge in [-0.15, -0.1) is 10.2 Å². The van der Waals surface area contributed by atoms with E-state index in [4.69, 9.17) is 4.74 Å². The maximum atomic E-state index is 12.7. The van der Waals surface area contributed by atoms with E-state index in [2.05, 4.69) is 14.9 Å². The van der Waals surface area contributed by atoms with Crippen LogP contribution in [0.2, 0.25) is 0 Å². The van der Waals surface area contributed by atoms with Crippen molar-refractivity contribution in [3.05, 3.63) is 70.3 Å². The molecule has 0 aliphatic rings. The van der Waals surface area contributed by atoms with Gasteiger partial charge in [-0.1, -0.05) is 32.0 Å². The SMILES string of the molecule is Cc1ccc([N+](=O)[O-])cc1S(=O)(=O)Nc1ccc(-c2ccc(OCC(C)C)nn2)cc1. The lowest BCUT2D eigenvalue weighted by atomic mass is 10.1. The zero-order valence-electron chi connectivity index (χ0n) is 17.3. The number of hydrogen-bond donors (Lipinski definition) is 1. The molecule has 0 spiro atoms. The number of hydrogen-bond acceptors (Lipinski definition) is 7. The number of sulfonamides is 1. The van der Waals surface area contributed by atoms with E-state index in [1.807, 2.05) is 13.8 Å². The number of rotatable bonds is 8. The zero-order valence-corrected chi connectivity index (χ0v) is 18.1. The molecule has 0 aliphatic carbocycles. The second-order valence-electron chi connectivity index (χ2n) is 7.35. The molecule has 0 fully saturated rings. The fourth-order valence-corrected chi connectivity index (χ4v) is 4.04. The van der Waals surface area contributed by atoms with Gasteiger partial charge in [0.1, 0.15) is 0 Å². The van der Waals surface area contributed by atoms with Gasteiger partial charge in [-0.3, -0.25) is 14.8 Å². The number of nitrogens with zero attached hydrogens (tertiary/aromatic N) is 3. The molecule has 162 valence electrons. The summed E-state index contributed by atoms with van der Waals surface area (Å²) in [6.07, 6.45) is 0. The maximum absolute atomic E-state index is 12.7. The zero-order chi connectivity index (χ0) is 22.6. The molecule has 9 nitrogen and oxygen atoms in total. The van der Waals surface area contributed by atoms with Crippen LogP contribution in [0, 0.1) is 23.0 Å². The van der Waals surface area contributed by atoms with Gasteiger partial charge in [-0.05, 0) is 36.6 Å². The molecule has 0 amide bonds. The van der Waals surface area contributed by atoms with Gasteiger partial charge >= 0.3 is 0 Å². The number of nitro benzene ring substituents is 1. The number of non-ortho nitro benzene ring substituents is 1. The van der Waals surface area contributed by atoms with E-state index in [0.29, 0.717) is 35.3 Å². The molecule has 1 heterocycles. The van der Waals surface area contributed by atoms with Crippen LogP contribution in [0.25, 0.3) is 11.3 Å². The summed E-state index contributed by atoms with van der Waals surface area (Å²) in [7, 11) is -4.00. The van der Waals surface area contributed by atoms with Crippen molar-refractivity contribution in [3.8, 4) is 17.1 Å². The lowest BCUT2D eigenvalue weighted by molar-refractivity contribution is -0.385. The number of aryl methyl sites for hydroxylation is 1. The van der Waals surface area contributed by atoms with Crippen molar-refractivity contribution in [3.63, 3.8) is 0 Å². The highest BCUT2D eigenvalue weighted by atomic mass is 32.2. The average molecular weight is 442 g/mol. The Hall–Kier alpha value is -3.53. The second kappa shape index (κ2) is 9.09. The molecule has 1 N–H and O–H groups in total. The van der Waals surface area contributed by atoms with Gasteiger partial charge in [-0.2, -0.15) is 0 Å². The highest BCUT2D eigenvalue weighted by Crippen LogP contribution is 2.25. The topological polar surface area (TPSA) is 124 Å². The summed E-state index contributed by atoms with van der Waals surface area (Å²) in [4.78, 5) is 10.2. The monoisotopic (exact) mass is 442 g/mol. The lowest BCUT2D eigenvalue weighted by Crippen LogP contribution is -2.14. The van der Waals surface area contributed by atoms with Gasteiger partial charge in [-0.25, -0.2) is 8.42 Å². The maximum Gasteiger partial charge on any atom is 0.270 e. The number of aromatic nitrogens is 2. The van der Waals surface area contributed by atoms with E-state index >= 15 is 0 Å². The Kier molecular flexibility index (Phi) is 6.50. The van der Waals surface area contributed by atoms with Crippen molar-refractivity contribution in [2.45, 2.75) is 25.7 Å². The van der Waals surface area contributed by atoms with E-state index in [1.54, 1.807) is 43.3 Å². The van der Waals surface area contributed by atoms with E-state index in [9.17, 15) is 18.5 Å². The van der Waals surface area contributed by atoms with Crippen molar-refractivity contribution in [1.29, 1.82) is 0 Å². The van der Waals surface area contributed by atoms with Crippen LogP contribution in [0.3, 0.4) is 0 Å². The van der Waals surface area contributed by atoms with Crippen LogP contribution in [-0.2, 0) is 10.0 Å². The first-order valence-corrected chi connectivity index (χ1v) is 11.0. The predicted octanol–water partition coefficient (Wildman–Crippen LogP) is 4.20. The fraction of sp³-hybridized carbons (Fsp3) is 0.238. The van der Waals surface area contributed by atoms with Crippen LogP contribution in [0.5, 0.6) is 5.88 Å². The molecule has 0 radical (unpaired) electrons. The minimum Gasteiger partial charge on any atom is -0.476 e. The van der Waals surface area contributed by atoms with E-state index in [0.717, 1.165) is 11.6 Å². The van der Waals surface area contributed by atoms with Gasteiger partial charge in [0.25, 0.3) is 15.7 Å². The Morgan fingerprint density at radius 2 is 1.77 bits per heavy atom. The second-order valence-corrected chi connectivity index (χ2v) is 9.00. The highest BCUT2D eigenvalue weighted by Gasteiger charge is 2.20. The van der Waals surface area contributed by atoms with Crippen molar-refractivity contribution in [2.24, 2.45) is 5.92 Å². The average Bonchev–Trinajstić information content (AvgIpc) is 2.73. The molecule has 1 aromatic heterocycles. The van der Waals surface area contributed by atoms with E-state index < -0.39 is 14.9 Å². The number of nitrogens with one attached hydrogen (secondary N) is 1.